The molecule has 1 aliphatic rings. The van der Waals surface area contributed by atoms with E-state index < -0.39 is 49.5 Å². The molecule has 0 aromatic rings. The third-order valence-electron chi connectivity index (χ3n) is 16.6. The van der Waals surface area contributed by atoms with Crippen molar-refractivity contribution in [3.63, 3.8) is 0 Å². The summed E-state index contributed by atoms with van der Waals surface area (Å²) < 4.78 is 11.3. The van der Waals surface area contributed by atoms with Gasteiger partial charge in [-0.1, -0.05) is 341 Å². The van der Waals surface area contributed by atoms with Gasteiger partial charge in [0.05, 0.1) is 25.4 Å². The largest absolute Gasteiger partial charge is 0.394 e. The van der Waals surface area contributed by atoms with Crippen LogP contribution in [0.2, 0.25) is 0 Å². The van der Waals surface area contributed by atoms with Gasteiger partial charge < -0.3 is 40.3 Å². The lowest BCUT2D eigenvalue weighted by molar-refractivity contribution is -0.302. The zero-order valence-electron chi connectivity index (χ0n) is 50.5. The Morgan fingerprint density at radius 1 is 0.434 bits per heavy atom. The number of ether oxygens (including phenoxy) is 2. The minimum atomic E-state index is -1.56. The standard InChI is InChI=1S/C67H131NO8/c1-3-5-7-9-11-13-15-17-19-21-22-23-24-25-26-27-28-29-30-31-32-33-34-35-36-37-38-39-40-41-43-45-47-49-51-53-55-57-63(71)68-60(59-75-67-66(74)65(73)64(72)62(58-69)76-67)61(70)56-54-52-50-48-46-44-42-20-18-16-14-12-10-8-6-4-2/h54,56,60-62,64-67,69-70,72-74H,3-53,55,57-59H2,1-2H3,(H,68,71)/b56-54+. The van der Waals surface area contributed by atoms with Gasteiger partial charge in [-0.05, 0) is 19.3 Å². The van der Waals surface area contributed by atoms with E-state index in [0.717, 1.165) is 38.5 Å². The number of aliphatic hydroxyl groups is 5. The molecule has 0 aromatic heterocycles. The van der Waals surface area contributed by atoms with E-state index in [4.69, 9.17) is 9.47 Å². The summed E-state index contributed by atoms with van der Waals surface area (Å²) in [4.78, 5) is 13.1. The number of carbonyl (C=O) groups is 1. The summed E-state index contributed by atoms with van der Waals surface area (Å²) in [5.74, 6) is -0.168. The second-order valence-corrected chi connectivity index (χ2v) is 24.0. The molecule has 452 valence electrons. The molecular weight excluding hydrogens is 947 g/mol. The second-order valence-electron chi connectivity index (χ2n) is 24.0. The maximum Gasteiger partial charge on any atom is 0.220 e. The quantitative estimate of drug-likeness (QED) is 0.0261. The van der Waals surface area contributed by atoms with E-state index in [9.17, 15) is 30.3 Å². The average Bonchev–Trinajstić information content (AvgIpc) is 3.42. The molecule has 7 atom stereocenters. The van der Waals surface area contributed by atoms with E-state index in [1.807, 2.05) is 6.08 Å². The van der Waals surface area contributed by atoms with E-state index >= 15 is 0 Å². The molecule has 0 spiro atoms. The second kappa shape index (κ2) is 57.2. The predicted molar refractivity (Wildman–Crippen MR) is 323 cm³/mol. The maximum absolute atomic E-state index is 13.1. The first-order valence-electron chi connectivity index (χ1n) is 33.9. The Hall–Kier alpha value is -1.07. The summed E-state index contributed by atoms with van der Waals surface area (Å²) >= 11 is 0. The number of aliphatic hydroxyl groups excluding tert-OH is 5. The minimum Gasteiger partial charge on any atom is -0.394 e. The lowest BCUT2D eigenvalue weighted by Crippen LogP contribution is -2.60. The molecule has 1 amide bonds. The smallest absolute Gasteiger partial charge is 0.220 e. The summed E-state index contributed by atoms with van der Waals surface area (Å²) in [6.07, 6.45) is 66.2. The molecule has 7 unspecified atom stereocenters. The Morgan fingerprint density at radius 2 is 0.724 bits per heavy atom. The lowest BCUT2D eigenvalue weighted by atomic mass is 9.99. The highest BCUT2D eigenvalue weighted by molar-refractivity contribution is 5.76. The Labute approximate surface area is 471 Å². The minimum absolute atomic E-state index is 0.168. The Balaban J connectivity index is 2.04. The van der Waals surface area contributed by atoms with Crippen molar-refractivity contribution in [3.8, 4) is 0 Å². The summed E-state index contributed by atoms with van der Waals surface area (Å²) in [7, 11) is 0. The topological polar surface area (TPSA) is 149 Å². The molecule has 0 aliphatic carbocycles. The molecular formula is C67H131NO8. The van der Waals surface area contributed by atoms with Crippen molar-refractivity contribution < 1.29 is 39.8 Å². The van der Waals surface area contributed by atoms with Crippen molar-refractivity contribution in [3.05, 3.63) is 12.2 Å². The van der Waals surface area contributed by atoms with Gasteiger partial charge in [0.1, 0.15) is 24.4 Å². The van der Waals surface area contributed by atoms with Gasteiger partial charge >= 0.3 is 0 Å². The zero-order valence-corrected chi connectivity index (χ0v) is 50.5. The Kier molecular flexibility index (Phi) is 54.9. The molecule has 0 saturated carbocycles. The third-order valence-corrected chi connectivity index (χ3v) is 16.6. The monoisotopic (exact) mass is 1080 g/mol. The highest BCUT2D eigenvalue weighted by Crippen LogP contribution is 2.23. The van der Waals surface area contributed by atoms with Crippen molar-refractivity contribution in [2.45, 2.75) is 397 Å². The van der Waals surface area contributed by atoms with Crippen LogP contribution in [0.4, 0.5) is 0 Å². The zero-order chi connectivity index (χ0) is 55.0. The maximum atomic E-state index is 13.1. The van der Waals surface area contributed by atoms with Gasteiger partial charge in [0.2, 0.25) is 5.91 Å². The first-order valence-corrected chi connectivity index (χ1v) is 33.9. The van der Waals surface area contributed by atoms with E-state index in [-0.39, 0.29) is 12.5 Å². The van der Waals surface area contributed by atoms with Crippen molar-refractivity contribution in [1.82, 2.24) is 5.32 Å². The summed E-state index contributed by atoms with van der Waals surface area (Å²) in [5.41, 5.74) is 0. The number of amides is 1. The van der Waals surface area contributed by atoms with Crippen LogP contribution in [0, 0.1) is 0 Å². The highest BCUT2D eigenvalue weighted by atomic mass is 16.7. The van der Waals surface area contributed by atoms with Crippen LogP contribution < -0.4 is 5.32 Å². The van der Waals surface area contributed by atoms with E-state index in [0.29, 0.717) is 6.42 Å². The van der Waals surface area contributed by atoms with Crippen molar-refractivity contribution >= 4 is 5.91 Å². The Morgan fingerprint density at radius 3 is 1.03 bits per heavy atom. The highest BCUT2D eigenvalue weighted by Gasteiger charge is 2.44. The molecule has 1 rings (SSSR count). The van der Waals surface area contributed by atoms with Crippen molar-refractivity contribution in [1.29, 1.82) is 0 Å². The normalized spacial score (nSPS) is 18.8. The first-order chi connectivity index (χ1) is 37.3. The Bertz CT molecular complexity index is 1200. The van der Waals surface area contributed by atoms with Crippen molar-refractivity contribution in [2.24, 2.45) is 0 Å². The van der Waals surface area contributed by atoms with Crippen LogP contribution in [-0.2, 0) is 14.3 Å². The third kappa shape index (κ3) is 45.6. The molecule has 1 saturated heterocycles. The molecule has 76 heavy (non-hydrogen) atoms. The van der Waals surface area contributed by atoms with Crippen LogP contribution >= 0.6 is 0 Å². The average molecular weight is 1080 g/mol. The fourth-order valence-electron chi connectivity index (χ4n) is 11.3. The van der Waals surface area contributed by atoms with Gasteiger partial charge in [-0.15, -0.1) is 0 Å². The number of allylic oxidation sites excluding steroid dienone is 1. The molecule has 0 bridgehead atoms. The van der Waals surface area contributed by atoms with E-state index in [1.54, 1.807) is 6.08 Å². The number of carbonyl (C=O) groups excluding carboxylic acids is 1. The van der Waals surface area contributed by atoms with Crippen LogP contribution in [-0.4, -0.2) is 87.5 Å². The summed E-state index contributed by atoms with van der Waals surface area (Å²) in [6.45, 7) is 3.83. The molecule has 1 heterocycles. The molecule has 6 N–H and O–H groups in total. The summed E-state index contributed by atoms with van der Waals surface area (Å²) in [5, 5.41) is 54.6. The number of nitrogens with one attached hydrogen (secondary N) is 1. The lowest BCUT2D eigenvalue weighted by Gasteiger charge is -2.40. The molecule has 9 heteroatoms. The fourth-order valence-corrected chi connectivity index (χ4v) is 11.3. The number of unbranched alkanes of at least 4 members (excludes halogenated alkanes) is 50. The molecule has 0 radical (unpaired) electrons. The molecule has 1 aliphatic heterocycles. The van der Waals surface area contributed by atoms with E-state index in [1.165, 1.54) is 295 Å². The van der Waals surface area contributed by atoms with Crippen LogP contribution in [0.5, 0.6) is 0 Å². The number of rotatable bonds is 60. The summed E-state index contributed by atoms with van der Waals surface area (Å²) in [6, 6.07) is -0.801. The number of hydrogen-bond acceptors (Lipinski definition) is 8. The fraction of sp³-hybridized carbons (Fsp3) is 0.955. The SMILES string of the molecule is CCCCCCCCCCCCCCCC/C=C/C(O)C(COC1OC(CO)C(O)C(O)C1O)NC(=O)CCCCCCCCCCCCCCCCCCCCCCCCCCCCCCCCCCCCCCC. The van der Waals surface area contributed by atoms with Gasteiger partial charge in [-0.25, -0.2) is 0 Å². The predicted octanol–water partition coefficient (Wildman–Crippen LogP) is 17.9. The molecule has 9 nitrogen and oxygen atoms in total. The van der Waals surface area contributed by atoms with Crippen LogP contribution in [0.25, 0.3) is 0 Å². The van der Waals surface area contributed by atoms with Gasteiger partial charge in [-0.2, -0.15) is 0 Å². The van der Waals surface area contributed by atoms with Gasteiger partial charge in [-0.3, -0.25) is 4.79 Å². The van der Waals surface area contributed by atoms with Crippen molar-refractivity contribution in [2.75, 3.05) is 13.2 Å². The van der Waals surface area contributed by atoms with Crippen LogP contribution in [0.1, 0.15) is 354 Å². The van der Waals surface area contributed by atoms with Gasteiger partial charge in [0.15, 0.2) is 6.29 Å². The van der Waals surface area contributed by atoms with Crippen LogP contribution in [0.3, 0.4) is 0 Å². The van der Waals surface area contributed by atoms with Gasteiger partial charge in [0.25, 0.3) is 0 Å². The first kappa shape index (κ1) is 72.9. The molecule has 1 fully saturated rings. The number of hydrogen-bond donors (Lipinski definition) is 6. The van der Waals surface area contributed by atoms with Crippen LogP contribution in [0.15, 0.2) is 12.2 Å². The molecule has 0 aromatic carbocycles. The van der Waals surface area contributed by atoms with Gasteiger partial charge in [0, 0.05) is 6.42 Å². The van der Waals surface area contributed by atoms with E-state index in [2.05, 4.69) is 19.2 Å².